The molecule has 1 fully saturated rings. The number of carbonyl (C=O) groups excluding carboxylic acids is 1. The Balaban J connectivity index is 1.96. The molecule has 2 aliphatic rings. The minimum absolute atomic E-state index is 0.277. The highest BCUT2D eigenvalue weighted by Gasteiger charge is 2.29. The fraction of sp³-hybridized carbons (Fsp3) is 0.533. The molecule has 0 unspecified atom stereocenters. The van der Waals surface area contributed by atoms with Crippen LogP contribution in [0, 0.1) is 0 Å². The van der Waals surface area contributed by atoms with Crippen LogP contribution in [-0.2, 0) is 4.79 Å². The van der Waals surface area contributed by atoms with Crippen LogP contribution in [0.3, 0.4) is 0 Å². The summed E-state index contributed by atoms with van der Waals surface area (Å²) in [7, 11) is 0. The van der Waals surface area contributed by atoms with Gasteiger partial charge in [-0.2, -0.15) is 0 Å². The first-order valence-electron chi connectivity index (χ1n) is 7.01. The summed E-state index contributed by atoms with van der Waals surface area (Å²) in [4.78, 5) is 14.4. The van der Waals surface area contributed by atoms with E-state index in [4.69, 9.17) is 0 Å². The molecule has 1 amide bonds. The number of amides is 1. The second kappa shape index (κ2) is 5.01. The Morgan fingerprint density at radius 1 is 1.11 bits per heavy atom. The molecular weight excluding hydrogens is 224 g/mol. The van der Waals surface area contributed by atoms with Gasteiger partial charge in [0.15, 0.2) is 0 Å². The van der Waals surface area contributed by atoms with Crippen LogP contribution < -0.4 is 10.2 Å². The summed E-state index contributed by atoms with van der Waals surface area (Å²) in [6, 6.07) is 8.60. The number of benzene rings is 1. The van der Waals surface area contributed by atoms with E-state index in [0.717, 1.165) is 30.8 Å². The second-order valence-electron chi connectivity index (χ2n) is 5.25. The van der Waals surface area contributed by atoms with Crippen LogP contribution in [0.5, 0.6) is 0 Å². The fourth-order valence-electron chi connectivity index (χ4n) is 3.13. The minimum atomic E-state index is 0.277. The molecule has 0 radical (unpaired) electrons. The van der Waals surface area contributed by atoms with Crippen LogP contribution in [-0.4, -0.2) is 18.5 Å². The summed E-state index contributed by atoms with van der Waals surface area (Å²) in [6.45, 7) is 0.749. The second-order valence-corrected chi connectivity index (χ2v) is 5.25. The van der Waals surface area contributed by atoms with Crippen LogP contribution in [0.2, 0.25) is 0 Å². The van der Waals surface area contributed by atoms with E-state index in [2.05, 4.69) is 22.3 Å². The normalized spacial score (nSPS) is 21.1. The van der Waals surface area contributed by atoms with Gasteiger partial charge in [-0.3, -0.25) is 4.79 Å². The summed E-state index contributed by atoms with van der Waals surface area (Å²) in [5.41, 5.74) is 2.18. The molecule has 96 valence electrons. The van der Waals surface area contributed by atoms with Crippen molar-refractivity contribution in [1.82, 2.24) is 0 Å². The smallest absolute Gasteiger partial charge is 0.229 e. The molecule has 1 N–H and O–H groups in total. The van der Waals surface area contributed by atoms with Crippen LogP contribution in [0.4, 0.5) is 11.4 Å². The lowest BCUT2D eigenvalue weighted by molar-refractivity contribution is -0.118. The Hall–Kier alpha value is -1.51. The first-order valence-corrected chi connectivity index (χ1v) is 7.01. The van der Waals surface area contributed by atoms with Crippen molar-refractivity contribution in [2.75, 3.05) is 16.8 Å². The molecule has 1 aromatic rings. The van der Waals surface area contributed by atoms with Crippen LogP contribution >= 0.6 is 0 Å². The summed E-state index contributed by atoms with van der Waals surface area (Å²) in [6.07, 6.45) is 6.73. The highest BCUT2D eigenvalue weighted by molar-refractivity contribution is 5.98. The van der Waals surface area contributed by atoms with Crippen molar-refractivity contribution in [3.8, 4) is 0 Å². The zero-order chi connectivity index (χ0) is 12.4. The first kappa shape index (κ1) is 11.6. The van der Waals surface area contributed by atoms with E-state index in [1.807, 2.05) is 12.1 Å². The maximum Gasteiger partial charge on any atom is 0.229 e. The Labute approximate surface area is 108 Å². The van der Waals surface area contributed by atoms with Gasteiger partial charge in [0.25, 0.3) is 0 Å². The Kier molecular flexibility index (Phi) is 3.22. The topological polar surface area (TPSA) is 32.3 Å². The molecule has 3 heteroatoms. The van der Waals surface area contributed by atoms with E-state index in [0.29, 0.717) is 12.5 Å². The zero-order valence-corrected chi connectivity index (χ0v) is 10.7. The number of fused-ring (bicyclic) bond motifs is 1. The zero-order valence-electron chi connectivity index (χ0n) is 10.7. The molecular formula is C15H20N2O. The lowest BCUT2D eigenvalue weighted by Crippen LogP contribution is -2.41. The minimum Gasteiger partial charge on any atom is -0.383 e. The molecule has 1 aromatic carbocycles. The summed E-state index contributed by atoms with van der Waals surface area (Å²) in [5.74, 6) is 0.277. The van der Waals surface area contributed by atoms with Crippen molar-refractivity contribution >= 4 is 17.3 Å². The van der Waals surface area contributed by atoms with Crippen molar-refractivity contribution in [3.05, 3.63) is 24.3 Å². The number of nitrogens with zero attached hydrogens (tertiary/aromatic N) is 1. The highest BCUT2D eigenvalue weighted by atomic mass is 16.2. The molecule has 0 spiro atoms. The fourth-order valence-corrected chi connectivity index (χ4v) is 3.13. The lowest BCUT2D eigenvalue weighted by atomic mass is 9.93. The van der Waals surface area contributed by atoms with Gasteiger partial charge in [0.05, 0.1) is 11.4 Å². The first-order chi connectivity index (χ1) is 8.86. The largest absolute Gasteiger partial charge is 0.383 e. The van der Waals surface area contributed by atoms with Crippen molar-refractivity contribution in [3.63, 3.8) is 0 Å². The lowest BCUT2D eigenvalue weighted by Gasteiger charge is -2.34. The van der Waals surface area contributed by atoms with Crippen LogP contribution in [0.1, 0.15) is 38.5 Å². The number of hydrogen-bond acceptors (Lipinski definition) is 2. The highest BCUT2D eigenvalue weighted by Crippen LogP contribution is 2.34. The molecule has 0 atom stereocenters. The quantitative estimate of drug-likeness (QED) is 0.823. The summed E-state index contributed by atoms with van der Waals surface area (Å²) >= 11 is 0. The molecule has 0 aromatic heterocycles. The maximum atomic E-state index is 12.4. The van der Waals surface area contributed by atoms with Gasteiger partial charge in [-0.15, -0.1) is 0 Å². The third kappa shape index (κ3) is 2.09. The van der Waals surface area contributed by atoms with Gasteiger partial charge in [0.1, 0.15) is 0 Å². The molecule has 1 heterocycles. The number of anilines is 2. The van der Waals surface area contributed by atoms with Crippen LogP contribution in [0.25, 0.3) is 0 Å². The number of hydrogen-bond donors (Lipinski definition) is 1. The van der Waals surface area contributed by atoms with E-state index < -0.39 is 0 Å². The molecule has 0 saturated heterocycles. The molecule has 18 heavy (non-hydrogen) atoms. The molecule has 3 nitrogen and oxygen atoms in total. The average molecular weight is 244 g/mol. The van der Waals surface area contributed by atoms with Crippen molar-refractivity contribution < 1.29 is 4.79 Å². The van der Waals surface area contributed by atoms with Gasteiger partial charge >= 0.3 is 0 Å². The number of para-hydroxylation sites is 2. The predicted molar refractivity (Wildman–Crippen MR) is 73.9 cm³/mol. The maximum absolute atomic E-state index is 12.4. The Morgan fingerprint density at radius 2 is 1.89 bits per heavy atom. The monoisotopic (exact) mass is 244 g/mol. The van der Waals surface area contributed by atoms with E-state index >= 15 is 0 Å². The summed E-state index contributed by atoms with van der Waals surface area (Å²) < 4.78 is 0. The van der Waals surface area contributed by atoms with Gasteiger partial charge in [0, 0.05) is 19.0 Å². The number of rotatable bonds is 1. The van der Waals surface area contributed by atoms with Gasteiger partial charge in [-0.1, -0.05) is 31.4 Å². The third-order valence-corrected chi connectivity index (χ3v) is 4.03. The van der Waals surface area contributed by atoms with E-state index in [9.17, 15) is 4.79 Å². The third-order valence-electron chi connectivity index (χ3n) is 4.03. The number of carbonyl (C=O) groups is 1. The van der Waals surface area contributed by atoms with Gasteiger partial charge < -0.3 is 10.2 Å². The van der Waals surface area contributed by atoms with E-state index in [-0.39, 0.29) is 5.91 Å². The van der Waals surface area contributed by atoms with Crippen molar-refractivity contribution in [2.24, 2.45) is 0 Å². The van der Waals surface area contributed by atoms with Crippen molar-refractivity contribution in [2.45, 2.75) is 44.6 Å². The number of nitrogens with one attached hydrogen (secondary N) is 1. The molecule has 1 saturated carbocycles. The van der Waals surface area contributed by atoms with Crippen LogP contribution in [0.15, 0.2) is 24.3 Å². The standard InChI is InChI=1S/C15H20N2O/c18-15-10-11-16-13-8-4-5-9-14(13)17(15)12-6-2-1-3-7-12/h4-5,8-9,12,16H,1-3,6-7,10-11H2. The van der Waals surface area contributed by atoms with Gasteiger partial charge in [-0.25, -0.2) is 0 Å². The van der Waals surface area contributed by atoms with Crippen molar-refractivity contribution in [1.29, 1.82) is 0 Å². The van der Waals surface area contributed by atoms with E-state index in [1.54, 1.807) is 0 Å². The SMILES string of the molecule is O=C1CCNc2ccccc2N1C1CCCCC1. The molecule has 3 rings (SSSR count). The Bertz CT molecular complexity index is 438. The molecule has 1 aliphatic heterocycles. The van der Waals surface area contributed by atoms with E-state index in [1.165, 1.54) is 19.3 Å². The summed E-state index contributed by atoms with van der Waals surface area (Å²) in [5, 5.41) is 3.36. The molecule has 0 bridgehead atoms. The molecule has 1 aliphatic carbocycles. The average Bonchev–Trinajstić information content (AvgIpc) is 2.58. The Morgan fingerprint density at radius 3 is 2.72 bits per heavy atom. The predicted octanol–water partition coefficient (Wildman–Crippen LogP) is 3.17. The van der Waals surface area contributed by atoms with Gasteiger partial charge in [0.2, 0.25) is 5.91 Å². The van der Waals surface area contributed by atoms with Gasteiger partial charge in [-0.05, 0) is 25.0 Å².